The van der Waals surface area contributed by atoms with E-state index in [4.69, 9.17) is 16.7 Å². The quantitative estimate of drug-likeness (QED) is 0.625. The van der Waals surface area contributed by atoms with Crippen molar-refractivity contribution in [2.45, 2.75) is 13.3 Å². The summed E-state index contributed by atoms with van der Waals surface area (Å²) in [4.78, 5) is 22.6. The summed E-state index contributed by atoms with van der Waals surface area (Å²) in [5, 5.41) is 32.3. The second-order valence-electron chi connectivity index (χ2n) is 5.09. The van der Waals surface area contributed by atoms with Crippen LogP contribution in [0.5, 0.6) is 11.5 Å². The van der Waals surface area contributed by atoms with Crippen molar-refractivity contribution in [3.8, 4) is 11.5 Å². The summed E-state index contributed by atoms with van der Waals surface area (Å²) < 4.78 is 0. The maximum Gasteiger partial charge on any atom is 0.322 e. The molecule has 0 bridgehead atoms. The van der Waals surface area contributed by atoms with Gasteiger partial charge in [-0.05, 0) is 29.9 Å². The molecule has 0 fully saturated rings. The van der Waals surface area contributed by atoms with Gasteiger partial charge >= 0.3 is 5.97 Å². The molecule has 0 saturated carbocycles. The molecule has 0 spiro atoms. The molecule has 4 N–H and O–H groups in total. The maximum absolute atomic E-state index is 12.0. The lowest BCUT2D eigenvalue weighted by molar-refractivity contribution is -0.135. The summed E-state index contributed by atoms with van der Waals surface area (Å²) in [6.45, 7) is 1.01. The molecule has 0 aromatic heterocycles. The molecule has 0 aliphatic rings. The molecule has 2 rings (SSSR count). The number of nitrogens with one attached hydrogen (secondary N) is 1. The van der Waals surface area contributed by atoms with Crippen molar-refractivity contribution in [2.24, 2.45) is 0 Å². The van der Waals surface area contributed by atoms with Crippen LogP contribution in [0.2, 0.25) is 0 Å². The molecule has 0 saturated heterocycles. The fourth-order valence-corrected chi connectivity index (χ4v) is 2.61. The number of amides is 1. The monoisotopic (exact) mass is 337 g/mol. The third-order valence-electron chi connectivity index (χ3n) is 3.58. The van der Waals surface area contributed by atoms with Gasteiger partial charge in [-0.2, -0.15) is 0 Å². The number of alkyl halides is 1. The van der Waals surface area contributed by atoms with E-state index in [-0.39, 0.29) is 17.1 Å². The predicted octanol–water partition coefficient (Wildman–Crippen LogP) is 2.16. The number of benzene rings is 2. The first-order chi connectivity index (χ1) is 10.9. The number of halogens is 1. The lowest BCUT2D eigenvalue weighted by atomic mass is 9.96. The Balaban J connectivity index is 2.57. The Hall–Kier alpha value is -2.47. The summed E-state index contributed by atoms with van der Waals surface area (Å²) in [6, 6.07) is 5.22. The largest absolute Gasteiger partial charge is 0.507 e. The lowest BCUT2D eigenvalue weighted by Gasteiger charge is -2.14. The van der Waals surface area contributed by atoms with Gasteiger partial charge in [0.25, 0.3) is 5.91 Å². The topological polar surface area (TPSA) is 107 Å². The van der Waals surface area contributed by atoms with E-state index in [2.05, 4.69) is 5.32 Å². The molecule has 1 amide bonds. The Labute approximate surface area is 137 Å². The van der Waals surface area contributed by atoms with E-state index in [9.17, 15) is 19.8 Å². The number of aryl methyl sites for hydroxylation is 2. The summed E-state index contributed by atoms with van der Waals surface area (Å²) in [5.41, 5.74) is 1.04. The van der Waals surface area contributed by atoms with E-state index in [0.29, 0.717) is 28.6 Å². The molecule has 0 aliphatic heterocycles. The number of carboxylic acid groups (broad SMARTS) is 1. The minimum atomic E-state index is -1.22. The second-order valence-corrected chi connectivity index (χ2v) is 5.47. The zero-order valence-electron chi connectivity index (χ0n) is 12.4. The third-order valence-corrected chi connectivity index (χ3v) is 3.77. The number of carbonyl (C=O) groups excluding carboxylic acids is 1. The van der Waals surface area contributed by atoms with E-state index in [0.717, 1.165) is 5.56 Å². The lowest BCUT2D eigenvalue weighted by Crippen LogP contribution is -2.29. The van der Waals surface area contributed by atoms with Crippen molar-refractivity contribution in [1.82, 2.24) is 5.32 Å². The molecule has 122 valence electrons. The highest BCUT2D eigenvalue weighted by Gasteiger charge is 2.22. The minimum absolute atomic E-state index is 0.332. The van der Waals surface area contributed by atoms with Crippen LogP contribution in [0.15, 0.2) is 18.2 Å². The fraction of sp³-hybridized carbons (Fsp3) is 0.250. The number of aliphatic carboxylic acids is 1. The number of rotatable bonds is 5. The average molecular weight is 338 g/mol. The van der Waals surface area contributed by atoms with Crippen molar-refractivity contribution >= 4 is 34.2 Å². The van der Waals surface area contributed by atoms with E-state index >= 15 is 0 Å². The van der Waals surface area contributed by atoms with Gasteiger partial charge in [0.15, 0.2) is 0 Å². The van der Waals surface area contributed by atoms with Crippen LogP contribution in [-0.4, -0.2) is 39.6 Å². The Kier molecular flexibility index (Phi) is 4.95. The zero-order chi connectivity index (χ0) is 17.1. The average Bonchev–Trinajstić information content (AvgIpc) is 2.51. The van der Waals surface area contributed by atoms with Crippen LogP contribution >= 0.6 is 11.6 Å². The zero-order valence-corrected chi connectivity index (χ0v) is 13.1. The molecule has 0 aliphatic carbocycles. The van der Waals surface area contributed by atoms with Crippen molar-refractivity contribution in [1.29, 1.82) is 0 Å². The Morgan fingerprint density at radius 3 is 2.48 bits per heavy atom. The number of fused-ring (bicyclic) bond motifs is 1. The molecule has 0 unspecified atom stereocenters. The predicted molar refractivity (Wildman–Crippen MR) is 86.4 cm³/mol. The first kappa shape index (κ1) is 16.9. The van der Waals surface area contributed by atoms with Gasteiger partial charge in [-0.15, -0.1) is 11.6 Å². The highest BCUT2D eigenvalue weighted by molar-refractivity contribution is 6.18. The number of hydrogen-bond acceptors (Lipinski definition) is 4. The molecular formula is C16H16ClNO5. The smallest absolute Gasteiger partial charge is 0.322 e. The molecular weight excluding hydrogens is 322 g/mol. The SMILES string of the molecule is Cc1c(O)c(C(=O)NCC(=O)O)c(O)c2ccc(CCCl)cc12. The molecule has 0 atom stereocenters. The Bertz CT molecular complexity index is 788. The van der Waals surface area contributed by atoms with Crippen LogP contribution in [0, 0.1) is 6.92 Å². The summed E-state index contributed by atoms with van der Waals surface area (Å²) >= 11 is 5.72. The van der Waals surface area contributed by atoms with Gasteiger partial charge in [-0.1, -0.05) is 18.2 Å². The van der Waals surface area contributed by atoms with Gasteiger partial charge < -0.3 is 20.6 Å². The number of phenolic OH excluding ortho intramolecular Hbond substituents is 2. The van der Waals surface area contributed by atoms with Gasteiger partial charge in [0.05, 0.1) is 0 Å². The number of aromatic hydroxyl groups is 2. The Morgan fingerprint density at radius 1 is 1.17 bits per heavy atom. The number of phenols is 2. The van der Waals surface area contributed by atoms with Gasteiger partial charge in [0.1, 0.15) is 23.6 Å². The summed E-state index contributed by atoms with van der Waals surface area (Å²) in [6.07, 6.45) is 0.638. The van der Waals surface area contributed by atoms with E-state index in [1.807, 2.05) is 0 Å². The van der Waals surface area contributed by atoms with E-state index in [1.165, 1.54) is 0 Å². The standard InChI is InChI=1S/C16H16ClNO5/c1-8-11-6-9(4-5-17)2-3-10(11)15(22)13(14(8)21)16(23)18-7-12(19)20/h2-3,6,21-22H,4-5,7H2,1H3,(H,18,23)(H,19,20). The Morgan fingerprint density at radius 2 is 1.87 bits per heavy atom. The third kappa shape index (κ3) is 3.32. The molecule has 0 radical (unpaired) electrons. The first-order valence-electron chi connectivity index (χ1n) is 6.90. The van der Waals surface area contributed by atoms with Gasteiger partial charge in [-0.3, -0.25) is 9.59 Å². The van der Waals surface area contributed by atoms with Gasteiger partial charge in [0.2, 0.25) is 0 Å². The molecule has 7 heteroatoms. The molecule has 2 aromatic carbocycles. The maximum atomic E-state index is 12.0. The van der Waals surface area contributed by atoms with Crippen LogP contribution in [0.25, 0.3) is 10.8 Å². The summed E-state index contributed by atoms with van der Waals surface area (Å²) in [7, 11) is 0. The normalized spacial score (nSPS) is 10.7. The summed E-state index contributed by atoms with van der Waals surface area (Å²) in [5.74, 6) is -2.39. The van der Waals surface area contributed by atoms with Crippen molar-refractivity contribution < 1.29 is 24.9 Å². The number of carbonyl (C=O) groups is 2. The van der Waals surface area contributed by atoms with Crippen LogP contribution in [0.1, 0.15) is 21.5 Å². The number of hydrogen-bond donors (Lipinski definition) is 4. The minimum Gasteiger partial charge on any atom is -0.507 e. The van der Waals surface area contributed by atoms with Crippen molar-refractivity contribution in [3.05, 3.63) is 34.9 Å². The van der Waals surface area contributed by atoms with Crippen LogP contribution < -0.4 is 5.32 Å². The van der Waals surface area contributed by atoms with Crippen LogP contribution in [-0.2, 0) is 11.2 Å². The molecule has 0 heterocycles. The molecule has 23 heavy (non-hydrogen) atoms. The van der Waals surface area contributed by atoms with Gasteiger partial charge in [0, 0.05) is 11.3 Å². The first-order valence-corrected chi connectivity index (χ1v) is 7.43. The van der Waals surface area contributed by atoms with Crippen LogP contribution in [0.3, 0.4) is 0 Å². The second kappa shape index (κ2) is 6.75. The van der Waals surface area contributed by atoms with Crippen molar-refractivity contribution in [3.63, 3.8) is 0 Å². The van der Waals surface area contributed by atoms with Crippen molar-refractivity contribution in [2.75, 3.05) is 12.4 Å². The van der Waals surface area contributed by atoms with Crippen LogP contribution in [0.4, 0.5) is 0 Å². The van der Waals surface area contributed by atoms with Gasteiger partial charge in [-0.25, -0.2) is 0 Å². The number of carboxylic acids is 1. The van der Waals surface area contributed by atoms with E-state index in [1.54, 1.807) is 25.1 Å². The molecule has 2 aromatic rings. The van der Waals surface area contributed by atoms with E-state index < -0.39 is 18.4 Å². The highest BCUT2D eigenvalue weighted by Crippen LogP contribution is 2.39. The molecule has 6 nitrogen and oxygen atoms in total. The fourth-order valence-electron chi connectivity index (χ4n) is 2.39. The highest BCUT2D eigenvalue weighted by atomic mass is 35.5.